The third-order valence-corrected chi connectivity index (χ3v) is 4.75. The van der Waals surface area contributed by atoms with E-state index in [1.54, 1.807) is 49.4 Å². The number of esters is 1. The molecule has 3 aromatic rings. The van der Waals surface area contributed by atoms with E-state index < -0.39 is 22.7 Å². The van der Waals surface area contributed by atoms with Crippen LogP contribution in [-0.4, -0.2) is 35.0 Å². The Morgan fingerprint density at radius 3 is 2.25 bits per heavy atom. The monoisotopic (exact) mass is 490 g/mol. The maximum atomic E-state index is 12.5. The van der Waals surface area contributed by atoms with Crippen LogP contribution in [0.3, 0.4) is 0 Å². The van der Waals surface area contributed by atoms with E-state index in [1.165, 1.54) is 30.3 Å². The van der Waals surface area contributed by atoms with E-state index in [1.807, 2.05) is 6.92 Å². The molecule has 0 aliphatic carbocycles. The van der Waals surface area contributed by atoms with Crippen molar-refractivity contribution < 1.29 is 28.8 Å². The summed E-state index contributed by atoms with van der Waals surface area (Å²) < 4.78 is 10.7. The van der Waals surface area contributed by atoms with E-state index in [0.29, 0.717) is 23.6 Å². The van der Waals surface area contributed by atoms with Crippen molar-refractivity contribution in [2.45, 2.75) is 13.8 Å². The molecule has 0 heterocycles. The second-order valence-corrected chi connectivity index (χ2v) is 7.24. The lowest BCUT2D eigenvalue weighted by Gasteiger charge is -2.10. The molecular formula is C25H22N4O7. The number of amides is 2. The fourth-order valence-electron chi connectivity index (χ4n) is 2.97. The van der Waals surface area contributed by atoms with Crippen LogP contribution >= 0.6 is 0 Å². The lowest BCUT2D eigenvalue weighted by Crippen LogP contribution is -2.33. The molecule has 11 heteroatoms. The van der Waals surface area contributed by atoms with Crippen molar-refractivity contribution in [3.8, 4) is 11.5 Å². The van der Waals surface area contributed by atoms with Gasteiger partial charge in [0.05, 0.1) is 22.8 Å². The molecule has 3 aromatic carbocycles. The smallest absolute Gasteiger partial charge is 0.343 e. The summed E-state index contributed by atoms with van der Waals surface area (Å²) in [6.45, 7) is 3.91. The highest BCUT2D eigenvalue weighted by atomic mass is 16.6. The number of carbonyl (C=O) groups excluding carboxylic acids is 3. The van der Waals surface area contributed by atoms with Gasteiger partial charge in [0.2, 0.25) is 0 Å². The Morgan fingerprint density at radius 2 is 1.61 bits per heavy atom. The van der Waals surface area contributed by atoms with Crippen LogP contribution < -0.4 is 20.2 Å². The zero-order chi connectivity index (χ0) is 26.1. The Balaban J connectivity index is 1.64. The summed E-state index contributed by atoms with van der Waals surface area (Å²) in [5.41, 5.74) is 3.19. The zero-order valence-corrected chi connectivity index (χ0v) is 19.4. The Kier molecular flexibility index (Phi) is 8.44. The third kappa shape index (κ3) is 6.73. The number of nitrogens with zero attached hydrogens (tertiary/aromatic N) is 2. The average Bonchev–Trinajstić information content (AvgIpc) is 2.88. The predicted molar refractivity (Wildman–Crippen MR) is 131 cm³/mol. The molecule has 3 rings (SSSR count). The number of nitrogens with one attached hydrogen (secondary N) is 2. The molecule has 184 valence electrons. The summed E-state index contributed by atoms with van der Waals surface area (Å²) in [6.07, 6.45) is 0. The summed E-state index contributed by atoms with van der Waals surface area (Å²) in [4.78, 5) is 47.1. The number of hydrogen-bond donors (Lipinski definition) is 2. The van der Waals surface area contributed by atoms with E-state index in [9.17, 15) is 24.5 Å². The molecule has 0 bridgehead atoms. The Labute approximate surface area is 205 Å². The standard InChI is InChI=1S/C25H22N4O7/c1-3-35-20-14-10-18(11-15-20)26-23(30)24(31)28-27-16(2)21-6-4-5-7-22(21)36-25(32)17-8-12-19(13-9-17)29(33)34/h4-15H,3H2,1-2H3,(H,26,30)(H,28,31)/b27-16+. The van der Waals surface area contributed by atoms with Crippen LogP contribution in [0.5, 0.6) is 11.5 Å². The minimum atomic E-state index is -0.997. The third-order valence-electron chi connectivity index (χ3n) is 4.75. The van der Waals surface area contributed by atoms with Crippen molar-refractivity contribution in [1.82, 2.24) is 5.43 Å². The molecule has 11 nitrogen and oxygen atoms in total. The predicted octanol–water partition coefficient (Wildman–Crippen LogP) is 3.69. The largest absolute Gasteiger partial charge is 0.494 e. The van der Waals surface area contributed by atoms with E-state index in [2.05, 4.69) is 15.8 Å². The maximum Gasteiger partial charge on any atom is 0.343 e. The highest BCUT2D eigenvalue weighted by Gasteiger charge is 2.16. The zero-order valence-electron chi connectivity index (χ0n) is 19.4. The molecule has 0 saturated carbocycles. The molecule has 0 saturated heterocycles. The summed E-state index contributed by atoms with van der Waals surface area (Å²) in [7, 11) is 0. The van der Waals surface area contributed by atoms with Gasteiger partial charge in [-0.2, -0.15) is 5.10 Å². The highest BCUT2D eigenvalue weighted by molar-refractivity contribution is 6.39. The second kappa shape index (κ2) is 11.9. The van der Waals surface area contributed by atoms with Crippen LogP contribution in [0, 0.1) is 10.1 Å². The number of carbonyl (C=O) groups is 3. The number of non-ortho nitro benzene ring substituents is 1. The number of nitro groups is 1. The van der Waals surface area contributed by atoms with Gasteiger partial charge < -0.3 is 14.8 Å². The highest BCUT2D eigenvalue weighted by Crippen LogP contribution is 2.21. The number of hydrogen-bond acceptors (Lipinski definition) is 8. The number of anilines is 1. The molecule has 2 N–H and O–H groups in total. The first-order valence-electron chi connectivity index (χ1n) is 10.7. The molecule has 0 fully saturated rings. The molecule has 0 spiro atoms. The van der Waals surface area contributed by atoms with E-state index in [-0.39, 0.29) is 22.7 Å². The minimum Gasteiger partial charge on any atom is -0.494 e. The SMILES string of the molecule is CCOc1ccc(NC(=O)C(=O)N/N=C(\C)c2ccccc2OC(=O)c2ccc([N+](=O)[O-])cc2)cc1. The van der Waals surface area contributed by atoms with Crippen LogP contribution in [0.1, 0.15) is 29.8 Å². The lowest BCUT2D eigenvalue weighted by molar-refractivity contribution is -0.384. The van der Waals surface area contributed by atoms with Crippen LogP contribution in [0.4, 0.5) is 11.4 Å². The topological polar surface area (TPSA) is 149 Å². The second-order valence-electron chi connectivity index (χ2n) is 7.24. The summed E-state index contributed by atoms with van der Waals surface area (Å²) in [5.74, 6) is -1.87. The van der Waals surface area contributed by atoms with Crippen LogP contribution in [0.25, 0.3) is 0 Å². The molecule has 2 amide bonds. The maximum absolute atomic E-state index is 12.5. The first-order valence-corrected chi connectivity index (χ1v) is 10.7. The molecular weight excluding hydrogens is 468 g/mol. The molecule has 0 aromatic heterocycles. The summed E-state index contributed by atoms with van der Waals surface area (Å²) in [6, 6.07) is 17.9. The van der Waals surface area contributed by atoms with Gasteiger partial charge in [0.1, 0.15) is 11.5 Å². The summed E-state index contributed by atoms with van der Waals surface area (Å²) >= 11 is 0. The van der Waals surface area contributed by atoms with Crippen LogP contribution in [-0.2, 0) is 9.59 Å². The number of nitro benzene ring substituents is 1. The van der Waals surface area contributed by atoms with Crippen molar-refractivity contribution in [3.05, 3.63) is 94.0 Å². The molecule has 0 aliphatic rings. The van der Waals surface area contributed by atoms with Gasteiger partial charge in [-0.1, -0.05) is 12.1 Å². The first kappa shape index (κ1) is 25.6. The van der Waals surface area contributed by atoms with Gasteiger partial charge in [0.25, 0.3) is 5.69 Å². The van der Waals surface area contributed by atoms with Gasteiger partial charge >= 0.3 is 17.8 Å². The fraction of sp³-hybridized carbons (Fsp3) is 0.120. The molecule has 0 aliphatic heterocycles. The van der Waals surface area contributed by atoms with E-state index in [4.69, 9.17) is 9.47 Å². The van der Waals surface area contributed by atoms with Crippen molar-refractivity contribution in [3.63, 3.8) is 0 Å². The van der Waals surface area contributed by atoms with Crippen molar-refractivity contribution in [1.29, 1.82) is 0 Å². The number of ether oxygens (including phenoxy) is 2. The molecule has 0 radical (unpaired) electrons. The van der Waals surface area contributed by atoms with Crippen molar-refractivity contribution in [2.75, 3.05) is 11.9 Å². The number of benzene rings is 3. The lowest BCUT2D eigenvalue weighted by atomic mass is 10.1. The van der Waals surface area contributed by atoms with Crippen molar-refractivity contribution in [2.24, 2.45) is 5.10 Å². The van der Waals surface area contributed by atoms with Crippen LogP contribution in [0.15, 0.2) is 77.9 Å². The Bertz CT molecular complexity index is 1300. The van der Waals surface area contributed by atoms with Gasteiger partial charge in [0, 0.05) is 23.4 Å². The minimum absolute atomic E-state index is 0.115. The van der Waals surface area contributed by atoms with Crippen molar-refractivity contribution >= 4 is 34.9 Å². The number of hydrazone groups is 1. The molecule has 0 unspecified atom stereocenters. The number of para-hydroxylation sites is 1. The van der Waals surface area contributed by atoms with Crippen LogP contribution in [0.2, 0.25) is 0 Å². The quantitative estimate of drug-likeness (QED) is 0.122. The van der Waals surface area contributed by atoms with Gasteiger partial charge in [0.15, 0.2) is 0 Å². The normalized spacial score (nSPS) is 10.8. The van der Waals surface area contributed by atoms with Gasteiger partial charge in [-0.3, -0.25) is 19.7 Å². The summed E-state index contributed by atoms with van der Waals surface area (Å²) in [5, 5.41) is 17.2. The van der Waals surface area contributed by atoms with Gasteiger partial charge in [-0.25, -0.2) is 10.2 Å². The molecule has 36 heavy (non-hydrogen) atoms. The molecule has 0 atom stereocenters. The fourth-order valence-corrected chi connectivity index (χ4v) is 2.97. The number of rotatable bonds is 8. The van der Waals surface area contributed by atoms with Gasteiger partial charge in [-0.05, 0) is 62.4 Å². The van der Waals surface area contributed by atoms with Gasteiger partial charge in [-0.15, -0.1) is 0 Å². The Morgan fingerprint density at radius 1 is 0.944 bits per heavy atom. The first-order chi connectivity index (χ1) is 17.3. The average molecular weight is 490 g/mol. The van der Waals surface area contributed by atoms with E-state index >= 15 is 0 Å². The van der Waals surface area contributed by atoms with E-state index in [0.717, 1.165) is 0 Å². The Hall–Kier alpha value is -5.06.